The van der Waals surface area contributed by atoms with Crippen LogP contribution < -0.4 is 0 Å². The minimum atomic E-state index is -1.06. The monoisotopic (exact) mass is 173 g/mol. The molecule has 60 valence electrons. The molecular weight excluding hydrogens is 166 g/mol. The fraction of sp³-hybridized carbons (Fsp3) is 0.333. The summed E-state index contributed by atoms with van der Waals surface area (Å²) in [4.78, 5) is 14.1. The van der Waals surface area contributed by atoms with Gasteiger partial charge < -0.3 is 10.2 Å². The average Bonchev–Trinajstić information content (AvgIpc) is 2.05. The van der Waals surface area contributed by atoms with Crippen molar-refractivity contribution in [2.45, 2.75) is 5.37 Å². The molecule has 0 aromatic rings. The molecule has 0 saturated heterocycles. The van der Waals surface area contributed by atoms with Crippen LogP contribution in [0.5, 0.6) is 0 Å². The molecular formula is C6H7NO3S. The van der Waals surface area contributed by atoms with E-state index in [2.05, 4.69) is 4.99 Å². The summed E-state index contributed by atoms with van der Waals surface area (Å²) in [6.07, 6.45) is 1.42. The smallest absolute Gasteiger partial charge is 0.354 e. The van der Waals surface area contributed by atoms with Crippen LogP contribution in [0.1, 0.15) is 0 Å². The summed E-state index contributed by atoms with van der Waals surface area (Å²) >= 11 is 1.30. The Morgan fingerprint density at radius 1 is 1.82 bits per heavy atom. The zero-order valence-corrected chi connectivity index (χ0v) is 6.41. The van der Waals surface area contributed by atoms with Crippen molar-refractivity contribution in [1.82, 2.24) is 0 Å². The summed E-state index contributed by atoms with van der Waals surface area (Å²) in [5, 5.41) is 18.4. The molecule has 0 bridgehead atoms. The van der Waals surface area contributed by atoms with E-state index < -0.39 is 5.97 Å². The van der Waals surface area contributed by atoms with Gasteiger partial charge in [0.15, 0.2) is 0 Å². The molecule has 5 heteroatoms. The second kappa shape index (κ2) is 3.54. The molecule has 0 aromatic heterocycles. The molecule has 0 aliphatic carbocycles. The van der Waals surface area contributed by atoms with E-state index in [1.807, 2.05) is 0 Å². The Kier molecular flexibility index (Phi) is 2.67. The van der Waals surface area contributed by atoms with Gasteiger partial charge >= 0.3 is 5.97 Å². The molecule has 1 aliphatic heterocycles. The molecule has 0 amide bonds. The van der Waals surface area contributed by atoms with Crippen molar-refractivity contribution in [1.29, 1.82) is 0 Å². The highest BCUT2D eigenvalue weighted by Crippen LogP contribution is 2.17. The van der Waals surface area contributed by atoms with Gasteiger partial charge in [-0.15, -0.1) is 11.8 Å². The Morgan fingerprint density at radius 3 is 3.09 bits per heavy atom. The van der Waals surface area contributed by atoms with E-state index >= 15 is 0 Å². The number of nitrogens with zero attached hydrogens (tertiary/aromatic N) is 1. The van der Waals surface area contributed by atoms with E-state index in [4.69, 9.17) is 10.2 Å². The fourth-order valence-corrected chi connectivity index (χ4v) is 1.28. The minimum absolute atomic E-state index is 0.00259. The van der Waals surface area contributed by atoms with Gasteiger partial charge in [0.25, 0.3) is 0 Å². The van der Waals surface area contributed by atoms with Gasteiger partial charge in [0.1, 0.15) is 11.1 Å². The number of rotatable bonds is 2. The van der Waals surface area contributed by atoms with Crippen LogP contribution >= 0.6 is 11.8 Å². The largest absolute Gasteiger partial charge is 0.477 e. The third-order valence-corrected chi connectivity index (χ3v) is 1.98. The second-order valence-electron chi connectivity index (χ2n) is 1.90. The number of carboxylic acids is 1. The molecule has 1 atom stereocenters. The zero-order chi connectivity index (χ0) is 8.27. The van der Waals surface area contributed by atoms with Crippen molar-refractivity contribution in [3.8, 4) is 0 Å². The van der Waals surface area contributed by atoms with Crippen molar-refractivity contribution >= 4 is 23.4 Å². The topological polar surface area (TPSA) is 69.9 Å². The lowest BCUT2D eigenvalue weighted by Gasteiger charge is -2.09. The quantitative estimate of drug-likeness (QED) is 0.621. The molecule has 1 heterocycles. The van der Waals surface area contributed by atoms with Crippen molar-refractivity contribution in [3.63, 3.8) is 0 Å². The number of aliphatic carboxylic acids is 1. The van der Waals surface area contributed by atoms with Crippen LogP contribution in [-0.2, 0) is 4.79 Å². The molecule has 1 unspecified atom stereocenters. The zero-order valence-electron chi connectivity index (χ0n) is 5.60. The number of hydrogen-bond donors (Lipinski definition) is 2. The lowest BCUT2D eigenvalue weighted by Crippen LogP contribution is -2.17. The average molecular weight is 173 g/mol. The fourth-order valence-electron chi connectivity index (χ4n) is 0.633. The van der Waals surface area contributed by atoms with E-state index in [9.17, 15) is 4.79 Å². The highest BCUT2D eigenvalue weighted by molar-refractivity contribution is 8.02. The van der Waals surface area contributed by atoms with Gasteiger partial charge in [-0.25, -0.2) is 4.79 Å². The van der Waals surface area contributed by atoms with Crippen LogP contribution in [0.15, 0.2) is 16.5 Å². The van der Waals surface area contributed by atoms with Crippen molar-refractivity contribution in [3.05, 3.63) is 11.5 Å². The lowest BCUT2D eigenvalue weighted by molar-refractivity contribution is -0.129. The Bertz CT molecular complexity index is 224. The molecule has 2 N–H and O–H groups in total. The standard InChI is InChI=1S/C6H7NO3S/c8-3-5-7-4(6(9)10)1-2-11-5/h1-2,5,8H,3H2,(H,9,10). The molecule has 1 rings (SSSR count). The number of thioether (sulfide) groups is 1. The SMILES string of the molecule is O=C(O)C1=NC(CO)SC=C1. The Balaban J connectivity index is 2.71. The summed E-state index contributed by atoms with van der Waals surface area (Å²) in [6, 6.07) is 0. The van der Waals surface area contributed by atoms with Gasteiger partial charge in [-0.1, -0.05) is 0 Å². The number of aliphatic hydroxyl groups is 1. The van der Waals surface area contributed by atoms with Crippen molar-refractivity contribution in [2.24, 2.45) is 4.99 Å². The maximum Gasteiger partial charge on any atom is 0.354 e. The Labute approximate surface area is 67.6 Å². The third-order valence-electron chi connectivity index (χ3n) is 1.12. The van der Waals surface area contributed by atoms with E-state index in [0.717, 1.165) is 0 Å². The lowest BCUT2D eigenvalue weighted by atomic mass is 10.4. The van der Waals surface area contributed by atoms with Gasteiger partial charge in [0.05, 0.1) is 6.61 Å². The van der Waals surface area contributed by atoms with Crippen LogP contribution in [0, 0.1) is 0 Å². The number of hydrogen-bond acceptors (Lipinski definition) is 4. The first-order valence-corrected chi connectivity index (χ1v) is 3.92. The van der Waals surface area contributed by atoms with E-state index in [-0.39, 0.29) is 17.7 Å². The van der Waals surface area contributed by atoms with Crippen LogP contribution in [0.2, 0.25) is 0 Å². The summed E-state index contributed by atoms with van der Waals surface area (Å²) in [7, 11) is 0. The van der Waals surface area contributed by atoms with Crippen molar-refractivity contribution in [2.75, 3.05) is 6.61 Å². The van der Waals surface area contributed by atoms with E-state index in [1.165, 1.54) is 17.8 Å². The summed E-state index contributed by atoms with van der Waals surface area (Å²) in [6.45, 7) is -0.133. The summed E-state index contributed by atoms with van der Waals surface area (Å²) in [5.74, 6) is -1.06. The summed E-state index contributed by atoms with van der Waals surface area (Å²) in [5.41, 5.74) is 0.00259. The molecule has 0 radical (unpaired) electrons. The van der Waals surface area contributed by atoms with E-state index in [0.29, 0.717) is 0 Å². The second-order valence-corrected chi connectivity index (χ2v) is 2.98. The Morgan fingerprint density at radius 2 is 2.55 bits per heavy atom. The predicted octanol–water partition coefficient (Wildman–Crippen LogP) is 0.0909. The molecule has 1 aliphatic rings. The van der Waals surface area contributed by atoms with Gasteiger partial charge in [0, 0.05) is 0 Å². The van der Waals surface area contributed by atoms with Crippen LogP contribution in [0.4, 0.5) is 0 Å². The van der Waals surface area contributed by atoms with Crippen LogP contribution in [0.25, 0.3) is 0 Å². The molecule has 11 heavy (non-hydrogen) atoms. The molecule has 4 nitrogen and oxygen atoms in total. The van der Waals surface area contributed by atoms with Gasteiger partial charge in [-0.2, -0.15) is 0 Å². The molecule has 0 saturated carbocycles. The first-order valence-electron chi connectivity index (χ1n) is 2.98. The predicted molar refractivity (Wildman–Crippen MR) is 42.7 cm³/mol. The number of carbonyl (C=O) groups is 1. The highest BCUT2D eigenvalue weighted by Gasteiger charge is 2.14. The maximum absolute atomic E-state index is 10.3. The maximum atomic E-state index is 10.3. The van der Waals surface area contributed by atoms with Crippen molar-refractivity contribution < 1.29 is 15.0 Å². The first kappa shape index (κ1) is 8.29. The molecule has 0 aromatic carbocycles. The van der Waals surface area contributed by atoms with Gasteiger partial charge in [-0.3, -0.25) is 4.99 Å². The first-order chi connectivity index (χ1) is 5.24. The van der Waals surface area contributed by atoms with Gasteiger partial charge in [-0.05, 0) is 11.5 Å². The van der Waals surface area contributed by atoms with Crippen LogP contribution in [0.3, 0.4) is 0 Å². The minimum Gasteiger partial charge on any atom is -0.477 e. The molecule has 0 fully saturated rings. The third kappa shape index (κ3) is 2.06. The summed E-state index contributed by atoms with van der Waals surface area (Å²) < 4.78 is 0. The normalized spacial score (nSPS) is 23.0. The van der Waals surface area contributed by atoms with Gasteiger partial charge in [0.2, 0.25) is 0 Å². The van der Waals surface area contributed by atoms with Crippen LogP contribution in [-0.4, -0.2) is 33.9 Å². The van der Waals surface area contributed by atoms with E-state index in [1.54, 1.807) is 5.41 Å². The highest BCUT2D eigenvalue weighted by atomic mass is 32.2. The molecule has 0 spiro atoms. The number of aliphatic hydroxyl groups excluding tert-OH is 1. The number of carboxylic acid groups (broad SMARTS) is 1. The number of aliphatic imine (C=N–C) groups is 1. The Hall–Kier alpha value is -0.810.